The van der Waals surface area contributed by atoms with E-state index in [1.54, 1.807) is 17.1 Å². The van der Waals surface area contributed by atoms with Crippen LogP contribution >= 0.6 is 0 Å². The number of carbonyl (C=O) groups is 1. The highest BCUT2D eigenvalue weighted by Crippen LogP contribution is 2.33. The molecule has 1 unspecified atom stereocenters. The van der Waals surface area contributed by atoms with E-state index in [0.717, 1.165) is 60.7 Å². The van der Waals surface area contributed by atoms with Gasteiger partial charge < -0.3 is 9.80 Å². The van der Waals surface area contributed by atoms with Crippen LogP contribution in [0.5, 0.6) is 0 Å². The molecule has 0 amide bonds. The van der Waals surface area contributed by atoms with Crippen LogP contribution in [-0.2, 0) is 4.79 Å². The van der Waals surface area contributed by atoms with E-state index in [4.69, 9.17) is 0 Å². The fraction of sp³-hybridized carbons (Fsp3) is 0.462. The molecule has 2 saturated heterocycles. The van der Waals surface area contributed by atoms with Crippen molar-refractivity contribution in [3.63, 3.8) is 0 Å². The van der Waals surface area contributed by atoms with Crippen molar-refractivity contribution < 1.29 is 13.6 Å². The average molecular weight is 496 g/mol. The Morgan fingerprint density at radius 3 is 2.22 bits per heavy atom. The molecule has 0 bridgehead atoms. The molecule has 0 radical (unpaired) electrons. The smallest absolute Gasteiger partial charge is 0.251 e. The first-order valence-corrected chi connectivity index (χ1v) is 12.4. The number of benzene rings is 1. The second kappa shape index (κ2) is 9.93. The largest absolute Gasteiger partial charge is 0.368 e. The third kappa shape index (κ3) is 4.95. The summed E-state index contributed by atoms with van der Waals surface area (Å²) in [5, 5.41) is 4.51. The molecule has 2 fully saturated rings. The van der Waals surface area contributed by atoms with E-state index in [-0.39, 0.29) is 25.9 Å². The number of piperidine rings is 1. The first-order chi connectivity index (χ1) is 17.3. The van der Waals surface area contributed by atoms with Crippen molar-refractivity contribution in [3.05, 3.63) is 54.1 Å². The summed E-state index contributed by atoms with van der Waals surface area (Å²) in [5.74, 6) is -2.11. The lowest BCUT2D eigenvalue weighted by Crippen LogP contribution is -2.49. The minimum absolute atomic E-state index is 0.169. The fourth-order valence-corrected chi connectivity index (χ4v) is 5.09. The van der Waals surface area contributed by atoms with E-state index in [0.29, 0.717) is 5.95 Å². The lowest BCUT2D eigenvalue weighted by atomic mass is 10.1. The van der Waals surface area contributed by atoms with Crippen molar-refractivity contribution in [1.29, 1.82) is 0 Å². The monoisotopic (exact) mass is 495 g/mol. The molecule has 1 aromatic carbocycles. The number of aryl methyl sites for hydroxylation is 2. The van der Waals surface area contributed by atoms with E-state index in [2.05, 4.69) is 30.9 Å². The topological polar surface area (TPSA) is 70.4 Å². The lowest BCUT2D eigenvalue weighted by molar-refractivity contribution is -0.116. The van der Waals surface area contributed by atoms with Gasteiger partial charge in [0.25, 0.3) is 5.92 Å². The number of aldehydes is 1. The van der Waals surface area contributed by atoms with E-state index in [1.165, 1.54) is 0 Å². The molecular weight excluding hydrogens is 464 g/mol. The van der Waals surface area contributed by atoms with Gasteiger partial charge in [0.1, 0.15) is 0 Å². The summed E-state index contributed by atoms with van der Waals surface area (Å²) in [4.78, 5) is 27.2. The van der Waals surface area contributed by atoms with Gasteiger partial charge in [0.05, 0.1) is 5.69 Å². The normalized spacial score (nSPS) is 19.3. The Hall–Kier alpha value is -3.40. The highest BCUT2D eigenvalue weighted by Gasteiger charge is 2.34. The predicted molar refractivity (Wildman–Crippen MR) is 134 cm³/mol. The molecule has 36 heavy (non-hydrogen) atoms. The minimum Gasteiger partial charge on any atom is -0.368 e. The number of piperazine rings is 1. The molecule has 5 rings (SSSR count). The number of halogens is 2. The van der Waals surface area contributed by atoms with Crippen molar-refractivity contribution in [3.8, 4) is 11.1 Å². The average Bonchev–Trinajstić information content (AvgIpc) is 3.22. The number of aromatic nitrogens is 4. The molecule has 0 saturated carbocycles. The zero-order chi connectivity index (χ0) is 25.3. The number of anilines is 2. The molecule has 1 atom stereocenters. The number of hydrogen-bond donors (Lipinski definition) is 0. The van der Waals surface area contributed by atoms with Gasteiger partial charge >= 0.3 is 0 Å². The van der Waals surface area contributed by atoms with E-state index < -0.39 is 12.1 Å². The van der Waals surface area contributed by atoms with Crippen LogP contribution in [0.3, 0.4) is 0 Å². The maximum absolute atomic E-state index is 13.5. The summed E-state index contributed by atoms with van der Waals surface area (Å²) in [7, 11) is 0. The van der Waals surface area contributed by atoms with Gasteiger partial charge in [-0.05, 0) is 26.0 Å². The number of para-hydroxylation sites is 1. The summed E-state index contributed by atoms with van der Waals surface area (Å²) in [5.41, 5.74) is 4.86. The number of rotatable bonds is 6. The Morgan fingerprint density at radius 2 is 1.61 bits per heavy atom. The number of hydrogen-bond acceptors (Lipinski definition) is 7. The molecule has 2 aromatic heterocycles. The number of nitrogens with zero attached hydrogens (tertiary/aromatic N) is 7. The van der Waals surface area contributed by atoms with Gasteiger partial charge in [-0.2, -0.15) is 5.10 Å². The van der Waals surface area contributed by atoms with Crippen molar-refractivity contribution in [2.45, 2.75) is 38.8 Å². The molecule has 4 heterocycles. The SMILES string of the molecule is Cc1cc(C)n(C(C=O)N2CCN(c3ccccc3-c3cnc(N4CCC(F)(F)CC4)nc3)CC2)n1. The zero-order valence-corrected chi connectivity index (χ0v) is 20.6. The first kappa shape index (κ1) is 24.3. The van der Waals surface area contributed by atoms with Crippen molar-refractivity contribution in [2.24, 2.45) is 0 Å². The van der Waals surface area contributed by atoms with Crippen LogP contribution in [-0.4, -0.2) is 76.1 Å². The summed E-state index contributed by atoms with van der Waals surface area (Å²) < 4.78 is 28.8. The predicted octanol–water partition coefficient (Wildman–Crippen LogP) is 3.71. The Bertz CT molecular complexity index is 1200. The van der Waals surface area contributed by atoms with E-state index in [1.807, 2.05) is 43.0 Å². The molecule has 0 N–H and O–H groups in total. The van der Waals surface area contributed by atoms with Gasteiger partial charge in [0.2, 0.25) is 5.95 Å². The van der Waals surface area contributed by atoms with Crippen LogP contribution in [0.25, 0.3) is 11.1 Å². The second-order valence-corrected chi connectivity index (χ2v) is 9.58. The zero-order valence-electron chi connectivity index (χ0n) is 20.6. The van der Waals surface area contributed by atoms with Crippen LogP contribution < -0.4 is 9.80 Å². The summed E-state index contributed by atoms with van der Waals surface area (Å²) in [6.45, 7) is 7.40. The summed E-state index contributed by atoms with van der Waals surface area (Å²) in [6, 6.07) is 10.1. The maximum Gasteiger partial charge on any atom is 0.251 e. The van der Waals surface area contributed by atoms with Gasteiger partial charge in [-0.3, -0.25) is 9.69 Å². The number of alkyl halides is 2. The molecule has 2 aliphatic rings. The minimum atomic E-state index is -2.60. The second-order valence-electron chi connectivity index (χ2n) is 9.58. The Morgan fingerprint density at radius 1 is 0.944 bits per heavy atom. The molecular formula is C26H31F2N7O. The quantitative estimate of drug-likeness (QED) is 0.483. The van der Waals surface area contributed by atoms with Crippen LogP contribution in [0.4, 0.5) is 20.4 Å². The third-order valence-electron chi connectivity index (χ3n) is 7.08. The van der Waals surface area contributed by atoms with E-state index >= 15 is 0 Å². The molecule has 2 aliphatic heterocycles. The standard InChI is InChI=1S/C26H31F2N7O/c1-19-15-20(2)35(31-19)24(18-36)33-13-11-32(12-14-33)23-6-4-3-5-22(23)21-16-29-25(30-17-21)34-9-7-26(27,28)8-10-34/h3-6,15-18,24H,7-14H2,1-2H3. The van der Waals surface area contributed by atoms with Crippen molar-refractivity contribution >= 4 is 17.9 Å². The van der Waals surface area contributed by atoms with E-state index in [9.17, 15) is 13.6 Å². The van der Waals surface area contributed by atoms with Gasteiger partial charge in [0.15, 0.2) is 12.5 Å². The molecule has 0 spiro atoms. The van der Waals surface area contributed by atoms with Gasteiger partial charge in [-0.25, -0.2) is 23.4 Å². The molecule has 8 nitrogen and oxygen atoms in total. The first-order valence-electron chi connectivity index (χ1n) is 12.4. The highest BCUT2D eigenvalue weighted by atomic mass is 19.3. The van der Waals surface area contributed by atoms with Crippen molar-refractivity contribution in [1.82, 2.24) is 24.6 Å². The van der Waals surface area contributed by atoms with Crippen LogP contribution in [0.2, 0.25) is 0 Å². The van der Waals surface area contributed by atoms with Crippen LogP contribution in [0.15, 0.2) is 42.7 Å². The lowest BCUT2D eigenvalue weighted by Gasteiger charge is -2.39. The summed E-state index contributed by atoms with van der Waals surface area (Å²) >= 11 is 0. The summed E-state index contributed by atoms with van der Waals surface area (Å²) in [6.07, 6.45) is 3.76. The molecule has 0 aliphatic carbocycles. The molecule has 190 valence electrons. The third-order valence-corrected chi connectivity index (χ3v) is 7.08. The van der Waals surface area contributed by atoms with Gasteiger partial charge in [-0.15, -0.1) is 0 Å². The highest BCUT2D eigenvalue weighted by molar-refractivity contribution is 5.78. The van der Waals surface area contributed by atoms with Gasteiger partial charge in [0, 0.05) is 87.0 Å². The Labute approximate surface area is 209 Å². The molecule has 10 heteroatoms. The Kier molecular flexibility index (Phi) is 6.70. The number of carbonyl (C=O) groups excluding carboxylic acids is 1. The van der Waals surface area contributed by atoms with Gasteiger partial charge in [-0.1, -0.05) is 18.2 Å². The fourth-order valence-electron chi connectivity index (χ4n) is 5.09. The van der Waals surface area contributed by atoms with Crippen LogP contribution in [0, 0.1) is 13.8 Å². The van der Waals surface area contributed by atoms with Crippen molar-refractivity contribution in [2.75, 3.05) is 49.1 Å². The molecule has 3 aromatic rings. The maximum atomic E-state index is 13.5. The Balaban J connectivity index is 1.29. The van der Waals surface area contributed by atoms with Crippen LogP contribution in [0.1, 0.15) is 30.4 Å².